The van der Waals surface area contributed by atoms with Gasteiger partial charge in [0.1, 0.15) is 6.07 Å². The highest BCUT2D eigenvalue weighted by Crippen LogP contribution is 2.30. The number of aromatic nitrogens is 2. The van der Waals surface area contributed by atoms with Crippen LogP contribution in [0.25, 0.3) is 0 Å². The second-order valence-electron chi connectivity index (χ2n) is 4.78. The summed E-state index contributed by atoms with van der Waals surface area (Å²) in [5, 5.41) is 9.05. The molecule has 2 unspecified atom stereocenters. The monoisotopic (exact) mass is 230 g/mol. The molecule has 90 valence electrons. The van der Waals surface area contributed by atoms with Crippen LogP contribution in [0.5, 0.6) is 0 Å². The van der Waals surface area contributed by atoms with Crippen LogP contribution in [0.3, 0.4) is 0 Å². The van der Waals surface area contributed by atoms with Crippen LogP contribution in [-0.2, 0) is 0 Å². The Morgan fingerprint density at radius 3 is 2.71 bits per heavy atom. The summed E-state index contributed by atoms with van der Waals surface area (Å²) in [5.74, 6) is 1.37. The molecule has 1 aliphatic rings. The molecule has 1 aromatic heterocycles. The van der Waals surface area contributed by atoms with E-state index in [-0.39, 0.29) is 0 Å². The van der Waals surface area contributed by atoms with Gasteiger partial charge in [0.05, 0.1) is 0 Å². The molecule has 0 radical (unpaired) electrons. The van der Waals surface area contributed by atoms with Crippen molar-refractivity contribution in [3.8, 4) is 6.07 Å². The van der Waals surface area contributed by atoms with Crippen LogP contribution in [0.4, 0.5) is 5.82 Å². The highest BCUT2D eigenvalue weighted by Gasteiger charge is 2.27. The SMILES string of the molecule is CC1CCCCC1N(C)c1nccnc1C#N. The summed E-state index contributed by atoms with van der Waals surface area (Å²) in [4.78, 5) is 10.5. The first-order valence-electron chi connectivity index (χ1n) is 6.18. The molecule has 0 N–H and O–H groups in total. The zero-order chi connectivity index (χ0) is 12.3. The summed E-state index contributed by atoms with van der Waals surface area (Å²) in [7, 11) is 2.03. The maximum atomic E-state index is 9.05. The van der Waals surface area contributed by atoms with E-state index in [1.165, 1.54) is 25.7 Å². The second kappa shape index (κ2) is 5.13. The molecule has 0 amide bonds. The van der Waals surface area contributed by atoms with Gasteiger partial charge in [-0.05, 0) is 18.8 Å². The minimum absolute atomic E-state index is 0.424. The van der Waals surface area contributed by atoms with Gasteiger partial charge >= 0.3 is 0 Å². The summed E-state index contributed by atoms with van der Waals surface area (Å²) in [6, 6.07) is 2.59. The molecule has 0 aliphatic heterocycles. The Morgan fingerprint density at radius 2 is 2.00 bits per heavy atom. The van der Waals surface area contributed by atoms with Gasteiger partial charge in [-0.1, -0.05) is 19.8 Å². The van der Waals surface area contributed by atoms with E-state index in [1.807, 2.05) is 7.05 Å². The third-order valence-electron chi connectivity index (χ3n) is 3.68. The van der Waals surface area contributed by atoms with E-state index in [0.717, 1.165) is 0 Å². The Morgan fingerprint density at radius 1 is 1.29 bits per heavy atom. The highest BCUT2D eigenvalue weighted by atomic mass is 15.2. The van der Waals surface area contributed by atoms with E-state index < -0.39 is 0 Å². The standard InChI is InChI=1S/C13H18N4/c1-10-5-3-4-6-12(10)17(2)13-11(9-14)15-7-8-16-13/h7-8,10,12H,3-6H2,1-2H3. The van der Waals surface area contributed by atoms with E-state index in [9.17, 15) is 0 Å². The van der Waals surface area contributed by atoms with Gasteiger partial charge < -0.3 is 4.90 Å². The highest BCUT2D eigenvalue weighted by molar-refractivity contribution is 5.49. The lowest BCUT2D eigenvalue weighted by Crippen LogP contribution is -2.39. The van der Waals surface area contributed by atoms with Gasteiger partial charge in [0.15, 0.2) is 11.5 Å². The molecular weight excluding hydrogens is 212 g/mol. The molecule has 1 heterocycles. The number of nitrogens with zero attached hydrogens (tertiary/aromatic N) is 4. The summed E-state index contributed by atoms with van der Waals surface area (Å²) >= 11 is 0. The number of hydrogen-bond acceptors (Lipinski definition) is 4. The molecule has 17 heavy (non-hydrogen) atoms. The number of anilines is 1. The van der Waals surface area contributed by atoms with Crippen LogP contribution in [0, 0.1) is 17.2 Å². The summed E-state index contributed by atoms with van der Waals surface area (Å²) in [5.41, 5.74) is 0.424. The normalized spacial score (nSPS) is 24.1. The lowest BCUT2D eigenvalue weighted by atomic mass is 9.85. The van der Waals surface area contributed by atoms with Gasteiger partial charge in [-0.2, -0.15) is 5.26 Å². The maximum absolute atomic E-state index is 9.05. The Kier molecular flexibility index (Phi) is 3.58. The zero-order valence-corrected chi connectivity index (χ0v) is 10.4. The molecule has 4 heteroatoms. The molecular formula is C13H18N4. The average Bonchev–Trinajstić information content (AvgIpc) is 2.38. The fraction of sp³-hybridized carbons (Fsp3) is 0.615. The lowest BCUT2D eigenvalue weighted by Gasteiger charge is -2.36. The maximum Gasteiger partial charge on any atom is 0.183 e. The largest absolute Gasteiger partial charge is 0.354 e. The van der Waals surface area contributed by atoms with Crippen LogP contribution >= 0.6 is 0 Å². The fourth-order valence-electron chi connectivity index (χ4n) is 2.70. The topological polar surface area (TPSA) is 52.8 Å². The lowest BCUT2D eigenvalue weighted by molar-refractivity contribution is 0.320. The van der Waals surface area contributed by atoms with Gasteiger partial charge in [-0.15, -0.1) is 0 Å². The minimum atomic E-state index is 0.424. The van der Waals surface area contributed by atoms with Gasteiger partial charge in [0.25, 0.3) is 0 Å². The van der Waals surface area contributed by atoms with Gasteiger partial charge in [0, 0.05) is 25.5 Å². The second-order valence-corrected chi connectivity index (χ2v) is 4.78. The molecule has 0 spiro atoms. The Bertz CT molecular complexity index is 424. The number of rotatable bonds is 2. The minimum Gasteiger partial charge on any atom is -0.354 e. The molecule has 0 saturated heterocycles. The van der Waals surface area contributed by atoms with Crippen molar-refractivity contribution >= 4 is 5.82 Å². The molecule has 0 aromatic carbocycles. The van der Waals surface area contributed by atoms with Crippen molar-refractivity contribution in [2.75, 3.05) is 11.9 Å². The third kappa shape index (κ3) is 2.38. The summed E-state index contributed by atoms with van der Waals surface area (Å²) in [6.07, 6.45) is 8.25. The Labute approximate surface area is 102 Å². The van der Waals surface area contributed by atoms with Crippen LogP contribution in [0.15, 0.2) is 12.4 Å². The van der Waals surface area contributed by atoms with Crippen LogP contribution in [0.2, 0.25) is 0 Å². The van der Waals surface area contributed by atoms with Crippen LogP contribution in [0.1, 0.15) is 38.3 Å². The van der Waals surface area contributed by atoms with E-state index in [0.29, 0.717) is 23.5 Å². The van der Waals surface area contributed by atoms with Gasteiger partial charge in [0.2, 0.25) is 0 Å². The molecule has 0 bridgehead atoms. The van der Waals surface area contributed by atoms with Crippen molar-refractivity contribution in [2.45, 2.75) is 38.6 Å². The van der Waals surface area contributed by atoms with E-state index >= 15 is 0 Å². The van der Waals surface area contributed by atoms with Crippen LogP contribution < -0.4 is 4.90 Å². The number of hydrogen-bond donors (Lipinski definition) is 0. The van der Waals surface area contributed by atoms with E-state index in [2.05, 4.69) is 27.9 Å². The third-order valence-corrected chi connectivity index (χ3v) is 3.68. The fourth-order valence-corrected chi connectivity index (χ4v) is 2.70. The van der Waals surface area contributed by atoms with Crippen LogP contribution in [-0.4, -0.2) is 23.1 Å². The molecule has 1 aliphatic carbocycles. The number of nitriles is 1. The quantitative estimate of drug-likeness (QED) is 0.782. The molecule has 1 saturated carbocycles. The van der Waals surface area contributed by atoms with Gasteiger partial charge in [-0.25, -0.2) is 9.97 Å². The molecule has 1 fully saturated rings. The zero-order valence-electron chi connectivity index (χ0n) is 10.4. The smallest absolute Gasteiger partial charge is 0.183 e. The predicted molar refractivity (Wildman–Crippen MR) is 66.6 cm³/mol. The first kappa shape index (κ1) is 11.8. The van der Waals surface area contributed by atoms with Crippen molar-refractivity contribution in [3.05, 3.63) is 18.1 Å². The van der Waals surface area contributed by atoms with E-state index in [1.54, 1.807) is 12.4 Å². The summed E-state index contributed by atoms with van der Waals surface area (Å²) in [6.45, 7) is 2.28. The van der Waals surface area contributed by atoms with Crippen molar-refractivity contribution in [3.63, 3.8) is 0 Å². The predicted octanol–water partition coefficient (Wildman–Crippen LogP) is 2.36. The van der Waals surface area contributed by atoms with Crippen molar-refractivity contribution in [1.29, 1.82) is 5.26 Å². The van der Waals surface area contributed by atoms with Gasteiger partial charge in [-0.3, -0.25) is 0 Å². The Balaban J connectivity index is 2.24. The van der Waals surface area contributed by atoms with Crippen molar-refractivity contribution in [1.82, 2.24) is 9.97 Å². The average molecular weight is 230 g/mol. The Hall–Kier alpha value is -1.63. The molecule has 4 nitrogen and oxygen atoms in total. The van der Waals surface area contributed by atoms with E-state index in [4.69, 9.17) is 5.26 Å². The first-order valence-corrected chi connectivity index (χ1v) is 6.18. The molecule has 2 atom stereocenters. The summed E-state index contributed by atoms with van der Waals surface area (Å²) < 4.78 is 0. The molecule has 1 aromatic rings. The van der Waals surface area contributed by atoms with Crippen molar-refractivity contribution in [2.24, 2.45) is 5.92 Å². The molecule has 2 rings (SSSR count). The first-order chi connectivity index (χ1) is 8.24. The van der Waals surface area contributed by atoms with Crippen molar-refractivity contribution < 1.29 is 0 Å².